The molecule has 2 aromatic heterocycles. The summed E-state index contributed by atoms with van der Waals surface area (Å²) in [5.74, 6) is 1.69. The quantitative estimate of drug-likeness (QED) is 0.268. The molecule has 7 nitrogen and oxygen atoms in total. The maximum absolute atomic E-state index is 4.64. The maximum atomic E-state index is 4.64. The molecule has 0 aliphatic carbocycles. The Morgan fingerprint density at radius 1 is 1.15 bits per heavy atom. The van der Waals surface area contributed by atoms with Gasteiger partial charge in [0.25, 0.3) is 0 Å². The first-order valence-corrected chi connectivity index (χ1v) is 9.40. The van der Waals surface area contributed by atoms with Gasteiger partial charge in [-0.15, -0.1) is 34.2 Å². The Morgan fingerprint density at radius 3 is 2.81 bits per heavy atom. The molecule has 0 aromatic carbocycles. The Kier molecular flexibility index (Phi) is 9.10. The monoisotopic (exact) mass is 471 g/mol. The van der Waals surface area contributed by atoms with Crippen LogP contribution in [0.2, 0.25) is 0 Å². The van der Waals surface area contributed by atoms with E-state index in [2.05, 4.69) is 37.6 Å². The van der Waals surface area contributed by atoms with Crippen molar-refractivity contribution < 1.29 is 0 Å². The van der Waals surface area contributed by atoms with Crippen LogP contribution in [-0.4, -0.2) is 58.2 Å². The van der Waals surface area contributed by atoms with Gasteiger partial charge in [-0.05, 0) is 64.4 Å². The summed E-state index contributed by atoms with van der Waals surface area (Å²) in [7, 11) is 0. The molecule has 0 radical (unpaired) electrons. The van der Waals surface area contributed by atoms with Crippen molar-refractivity contribution in [2.24, 2.45) is 4.99 Å². The standard InChI is InChI=1S/C18H29N7.HI/c1-2-19-18(20-10-4-6-11-24-12-7-8-13-24)21-15-17-23-22-16-9-3-5-14-25(16)17;/h3,5,9,14H,2,4,6-8,10-13,15H2,1H3,(H2,19,20,21);1H. The zero-order chi connectivity index (χ0) is 17.3. The molecule has 3 rings (SSSR count). The van der Waals surface area contributed by atoms with Gasteiger partial charge in [0.2, 0.25) is 0 Å². The number of pyridine rings is 1. The molecule has 26 heavy (non-hydrogen) atoms. The Hall–Kier alpha value is -1.42. The molecule has 1 aliphatic rings. The van der Waals surface area contributed by atoms with Crippen LogP contribution < -0.4 is 10.6 Å². The summed E-state index contributed by atoms with van der Waals surface area (Å²) in [6.07, 6.45) is 7.11. The minimum atomic E-state index is 0. The smallest absolute Gasteiger partial charge is 0.191 e. The molecule has 2 N–H and O–H groups in total. The number of aromatic nitrogens is 3. The molecule has 2 aromatic rings. The molecule has 0 spiro atoms. The molecule has 0 bridgehead atoms. The molecule has 8 heteroatoms. The molecule has 0 amide bonds. The minimum Gasteiger partial charge on any atom is -0.357 e. The van der Waals surface area contributed by atoms with Crippen molar-refractivity contribution in [2.75, 3.05) is 32.7 Å². The second-order valence-corrected chi connectivity index (χ2v) is 6.42. The van der Waals surface area contributed by atoms with Gasteiger partial charge in [0.15, 0.2) is 17.4 Å². The van der Waals surface area contributed by atoms with Gasteiger partial charge in [-0.25, -0.2) is 4.99 Å². The molecule has 1 fully saturated rings. The zero-order valence-electron chi connectivity index (χ0n) is 15.5. The summed E-state index contributed by atoms with van der Waals surface area (Å²) in [5, 5.41) is 15.1. The molecule has 144 valence electrons. The highest BCUT2D eigenvalue weighted by Gasteiger charge is 2.10. The number of nitrogens with one attached hydrogen (secondary N) is 2. The van der Waals surface area contributed by atoms with Crippen molar-refractivity contribution in [3.05, 3.63) is 30.2 Å². The average Bonchev–Trinajstić information content (AvgIpc) is 3.29. The van der Waals surface area contributed by atoms with Crippen molar-refractivity contribution >= 4 is 35.6 Å². The van der Waals surface area contributed by atoms with Crippen LogP contribution in [0.1, 0.15) is 38.4 Å². The van der Waals surface area contributed by atoms with Gasteiger partial charge >= 0.3 is 0 Å². The minimum absolute atomic E-state index is 0. The van der Waals surface area contributed by atoms with Gasteiger partial charge < -0.3 is 15.5 Å². The van der Waals surface area contributed by atoms with E-state index in [1.807, 2.05) is 28.8 Å². The lowest BCUT2D eigenvalue weighted by Crippen LogP contribution is -2.38. The highest BCUT2D eigenvalue weighted by molar-refractivity contribution is 14.0. The second kappa shape index (κ2) is 11.3. The number of unbranched alkanes of at least 4 members (excludes halogenated alkanes) is 1. The van der Waals surface area contributed by atoms with Crippen LogP contribution in [0, 0.1) is 0 Å². The molecule has 1 saturated heterocycles. The fraction of sp³-hybridized carbons (Fsp3) is 0.611. The van der Waals surface area contributed by atoms with Crippen LogP contribution in [0.25, 0.3) is 5.65 Å². The van der Waals surface area contributed by atoms with Crippen LogP contribution in [-0.2, 0) is 6.54 Å². The zero-order valence-corrected chi connectivity index (χ0v) is 17.9. The SMILES string of the molecule is CCNC(=NCc1nnc2ccccn12)NCCCCN1CCCC1.I. The largest absolute Gasteiger partial charge is 0.357 e. The Morgan fingerprint density at radius 2 is 2.00 bits per heavy atom. The van der Waals surface area contributed by atoms with Crippen molar-refractivity contribution in [2.45, 2.75) is 39.2 Å². The fourth-order valence-corrected chi connectivity index (χ4v) is 3.16. The van der Waals surface area contributed by atoms with Gasteiger partial charge in [-0.1, -0.05) is 6.07 Å². The van der Waals surface area contributed by atoms with Crippen molar-refractivity contribution in [3.8, 4) is 0 Å². The molecule has 0 saturated carbocycles. The summed E-state index contributed by atoms with van der Waals surface area (Å²) in [4.78, 5) is 7.21. The van der Waals surface area contributed by atoms with Gasteiger partial charge in [-0.2, -0.15) is 0 Å². The number of rotatable bonds is 8. The Bertz CT molecular complexity index is 679. The van der Waals surface area contributed by atoms with E-state index in [9.17, 15) is 0 Å². The summed E-state index contributed by atoms with van der Waals surface area (Å²) in [6.45, 7) is 8.17. The van der Waals surface area contributed by atoms with Gasteiger partial charge in [0.05, 0.1) is 0 Å². The number of nitrogens with zero attached hydrogens (tertiary/aromatic N) is 5. The predicted molar refractivity (Wildman–Crippen MR) is 116 cm³/mol. The van der Waals surface area contributed by atoms with Crippen LogP contribution in [0.15, 0.2) is 29.4 Å². The summed E-state index contributed by atoms with van der Waals surface area (Å²) >= 11 is 0. The van der Waals surface area contributed by atoms with Crippen LogP contribution in [0.3, 0.4) is 0 Å². The third kappa shape index (κ3) is 6.08. The summed E-state index contributed by atoms with van der Waals surface area (Å²) < 4.78 is 1.98. The number of hydrogen-bond donors (Lipinski definition) is 2. The normalized spacial score (nSPS) is 15.2. The number of aliphatic imine (C=N–C) groups is 1. The molecule has 1 aliphatic heterocycles. The van der Waals surface area contributed by atoms with Gasteiger partial charge in [-0.3, -0.25) is 4.40 Å². The lowest BCUT2D eigenvalue weighted by molar-refractivity contribution is 0.330. The highest BCUT2D eigenvalue weighted by atomic mass is 127. The summed E-state index contributed by atoms with van der Waals surface area (Å²) in [6, 6.07) is 5.89. The van der Waals surface area contributed by atoms with Crippen molar-refractivity contribution in [3.63, 3.8) is 0 Å². The average molecular weight is 471 g/mol. The third-order valence-corrected chi connectivity index (χ3v) is 4.50. The molecule has 0 unspecified atom stereocenters. The van der Waals surface area contributed by atoms with E-state index in [1.54, 1.807) is 0 Å². The van der Waals surface area contributed by atoms with Crippen LogP contribution >= 0.6 is 24.0 Å². The first-order valence-electron chi connectivity index (χ1n) is 9.40. The van der Waals surface area contributed by atoms with Gasteiger partial charge in [0, 0.05) is 19.3 Å². The number of likely N-dealkylation sites (tertiary alicyclic amines) is 1. The first-order chi connectivity index (χ1) is 12.4. The number of halogens is 1. The molecular weight excluding hydrogens is 441 g/mol. The van der Waals surface area contributed by atoms with Crippen LogP contribution in [0.5, 0.6) is 0 Å². The maximum Gasteiger partial charge on any atom is 0.191 e. The molecule has 0 atom stereocenters. The van der Waals surface area contributed by atoms with E-state index in [0.29, 0.717) is 6.54 Å². The van der Waals surface area contributed by atoms with Gasteiger partial charge in [0.1, 0.15) is 6.54 Å². The van der Waals surface area contributed by atoms with E-state index in [-0.39, 0.29) is 24.0 Å². The number of fused-ring (bicyclic) bond motifs is 1. The summed E-state index contributed by atoms with van der Waals surface area (Å²) in [5.41, 5.74) is 0.854. The van der Waals surface area contributed by atoms with E-state index < -0.39 is 0 Å². The molecule has 3 heterocycles. The van der Waals surface area contributed by atoms with E-state index in [4.69, 9.17) is 0 Å². The lowest BCUT2D eigenvalue weighted by atomic mass is 10.3. The second-order valence-electron chi connectivity index (χ2n) is 6.42. The lowest BCUT2D eigenvalue weighted by Gasteiger charge is -2.15. The molecular formula is C18H30IN7. The van der Waals surface area contributed by atoms with Crippen molar-refractivity contribution in [1.82, 2.24) is 30.1 Å². The number of guanidine groups is 1. The van der Waals surface area contributed by atoms with Crippen LogP contribution in [0.4, 0.5) is 0 Å². The van der Waals surface area contributed by atoms with E-state index >= 15 is 0 Å². The Balaban J connectivity index is 0.00000243. The van der Waals surface area contributed by atoms with E-state index in [1.165, 1.54) is 38.9 Å². The predicted octanol–water partition coefficient (Wildman–Crippen LogP) is 2.28. The highest BCUT2D eigenvalue weighted by Crippen LogP contribution is 2.08. The van der Waals surface area contributed by atoms with E-state index in [0.717, 1.165) is 36.9 Å². The van der Waals surface area contributed by atoms with Crippen molar-refractivity contribution in [1.29, 1.82) is 0 Å². The fourth-order valence-electron chi connectivity index (χ4n) is 3.16. The Labute approximate surface area is 172 Å². The topological polar surface area (TPSA) is 69.8 Å². The number of hydrogen-bond acceptors (Lipinski definition) is 4. The third-order valence-electron chi connectivity index (χ3n) is 4.50. The first kappa shape index (κ1) is 20.9.